The Bertz CT molecular complexity index is 2510. The second-order valence-corrected chi connectivity index (χ2v) is 21.8. The molecule has 0 spiro atoms. The minimum Gasteiger partial charge on any atom is -0.383 e. The van der Waals surface area contributed by atoms with Crippen LogP contribution in [0.5, 0.6) is 0 Å². The van der Waals surface area contributed by atoms with Gasteiger partial charge >= 0.3 is 5.51 Å². The number of amides is 1. The monoisotopic (exact) mass is 973 g/mol. The molecule has 350 valence electrons. The van der Waals surface area contributed by atoms with Crippen molar-refractivity contribution >= 4 is 66.1 Å². The summed E-state index contributed by atoms with van der Waals surface area (Å²) in [5.74, 6) is -0.651. The van der Waals surface area contributed by atoms with Crippen molar-refractivity contribution in [2.45, 2.75) is 77.2 Å². The predicted molar refractivity (Wildman–Crippen MR) is 252 cm³/mol. The van der Waals surface area contributed by atoms with E-state index in [4.69, 9.17) is 16.3 Å². The Balaban J connectivity index is 1.02. The molecule has 2 heterocycles. The molecule has 0 radical (unpaired) electrons. The zero-order chi connectivity index (χ0) is 46.2. The molecule has 4 aromatic rings. The van der Waals surface area contributed by atoms with Gasteiger partial charge in [0, 0.05) is 85.4 Å². The molecule has 11 nitrogen and oxygen atoms in total. The summed E-state index contributed by atoms with van der Waals surface area (Å²) < 4.78 is 103. The van der Waals surface area contributed by atoms with E-state index in [1.165, 1.54) is 53.4 Å². The summed E-state index contributed by atoms with van der Waals surface area (Å²) in [4.78, 5) is 19.1. The summed E-state index contributed by atoms with van der Waals surface area (Å²) in [6.45, 7) is 5.99. The largest absolute Gasteiger partial charge is 0.501 e. The number of halogens is 4. The molecule has 2 N–H and O–H groups in total. The number of nitrogens with one attached hydrogen (secondary N) is 2. The summed E-state index contributed by atoms with van der Waals surface area (Å²) in [5, 5.41) is 3.74. The van der Waals surface area contributed by atoms with Crippen LogP contribution in [0.2, 0.25) is 5.02 Å². The van der Waals surface area contributed by atoms with Crippen LogP contribution < -0.4 is 14.9 Å². The minimum atomic E-state index is -6.06. The lowest BCUT2D eigenvalue weighted by Crippen LogP contribution is -2.47. The van der Waals surface area contributed by atoms with Gasteiger partial charge in [0.05, 0.1) is 17.2 Å². The van der Waals surface area contributed by atoms with Crippen LogP contribution in [-0.4, -0.2) is 115 Å². The van der Waals surface area contributed by atoms with E-state index < -0.39 is 52.8 Å². The van der Waals surface area contributed by atoms with E-state index in [9.17, 15) is 34.8 Å². The van der Waals surface area contributed by atoms with E-state index in [1.807, 2.05) is 47.2 Å². The number of piperazine rings is 1. The highest BCUT2D eigenvalue weighted by molar-refractivity contribution is 7.99. The average molecular weight is 975 g/mol. The number of methoxy groups -OCH3 is 1. The van der Waals surface area contributed by atoms with Crippen LogP contribution in [0, 0.1) is 0 Å². The highest BCUT2D eigenvalue weighted by Crippen LogP contribution is 2.37. The lowest BCUT2D eigenvalue weighted by molar-refractivity contribution is -0.0435. The summed E-state index contributed by atoms with van der Waals surface area (Å²) in [6.07, 6.45) is 6.82. The lowest BCUT2D eigenvalue weighted by atomic mass is 9.87. The Morgan fingerprint density at radius 2 is 1.58 bits per heavy atom. The fourth-order valence-corrected chi connectivity index (χ4v) is 11.9. The van der Waals surface area contributed by atoms with Gasteiger partial charge in [0.15, 0.2) is 0 Å². The number of sulfonamides is 1. The molecule has 3 aliphatic rings. The highest BCUT2D eigenvalue weighted by atomic mass is 35.5. The maximum atomic E-state index is 14.2. The average Bonchev–Trinajstić information content (AvgIpc) is 3.74. The van der Waals surface area contributed by atoms with Crippen LogP contribution in [0.15, 0.2) is 117 Å². The number of rotatable bonds is 18. The van der Waals surface area contributed by atoms with Gasteiger partial charge in [0.2, 0.25) is 0 Å². The smallest absolute Gasteiger partial charge is 0.383 e. The number of carbonyl (C=O) groups excluding carboxylic acids is 1. The van der Waals surface area contributed by atoms with Crippen molar-refractivity contribution in [2.75, 3.05) is 75.5 Å². The number of anilines is 2. The van der Waals surface area contributed by atoms with Gasteiger partial charge in [-0.2, -0.15) is 13.2 Å². The van der Waals surface area contributed by atoms with Gasteiger partial charge in [-0.05, 0) is 129 Å². The van der Waals surface area contributed by atoms with E-state index in [0.717, 1.165) is 92.7 Å². The lowest BCUT2D eigenvalue weighted by Gasteiger charge is -2.37. The van der Waals surface area contributed by atoms with E-state index in [0.29, 0.717) is 31.4 Å². The van der Waals surface area contributed by atoms with Gasteiger partial charge in [0.25, 0.3) is 25.8 Å². The van der Waals surface area contributed by atoms with Gasteiger partial charge in [-0.15, -0.1) is 11.8 Å². The number of hydrogen-bond donors (Lipinski definition) is 2. The van der Waals surface area contributed by atoms with Crippen LogP contribution in [-0.2, 0) is 24.6 Å². The number of ether oxygens (including phenoxy) is 1. The summed E-state index contributed by atoms with van der Waals surface area (Å²) in [6, 6.07) is 26.0. The third-order valence-corrected chi connectivity index (χ3v) is 16.6. The third-order valence-electron chi connectivity index (χ3n) is 12.3. The number of carbonyl (C=O) groups is 1. The van der Waals surface area contributed by atoms with Gasteiger partial charge < -0.3 is 15.0 Å². The van der Waals surface area contributed by atoms with Crippen LogP contribution in [0.1, 0.15) is 60.9 Å². The molecule has 2 fully saturated rings. The molecule has 2 aliphatic heterocycles. The second-order valence-electron chi connectivity index (χ2n) is 16.7. The molecule has 0 aromatic heterocycles. The molecule has 65 heavy (non-hydrogen) atoms. The van der Waals surface area contributed by atoms with E-state index in [2.05, 4.69) is 32.1 Å². The van der Waals surface area contributed by atoms with Gasteiger partial charge in [0.1, 0.15) is 4.90 Å². The van der Waals surface area contributed by atoms with Crippen LogP contribution >= 0.6 is 23.4 Å². The molecular weight excluding hydrogens is 919 g/mol. The van der Waals surface area contributed by atoms with Crippen molar-refractivity contribution < 1.29 is 39.5 Å². The van der Waals surface area contributed by atoms with Crippen LogP contribution in [0.4, 0.5) is 24.5 Å². The SMILES string of the molecule is COC[C@@H]1CCCN1CC[C@H](CSc1ccccc1)Nc1ccc(S(=O)(=O)NC(=O)c2ccc(N3CCN(CC4=C(c5ccc(Cl)cc5)CCCC4)CC3)cc2)cc1S(=O)(=O)C(F)(F)F. The molecule has 2 atom stereocenters. The van der Waals surface area contributed by atoms with Gasteiger partial charge in [-0.1, -0.05) is 47.5 Å². The molecule has 2 saturated heterocycles. The normalized spacial score (nSPS) is 18.5. The van der Waals surface area contributed by atoms with Gasteiger partial charge in [-0.3, -0.25) is 14.6 Å². The number of allylic oxidation sites excluding steroid dienone is 1. The molecule has 1 amide bonds. The number of hydrogen-bond acceptors (Lipinski definition) is 11. The topological polar surface area (TPSA) is 128 Å². The number of likely N-dealkylation sites (tertiary alicyclic amines) is 1. The first-order valence-corrected chi connectivity index (χ1v) is 26.2. The van der Waals surface area contributed by atoms with Crippen molar-refractivity contribution in [1.82, 2.24) is 14.5 Å². The Kier molecular flexibility index (Phi) is 16.3. The summed E-state index contributed by atoms with van der Waals surface area (Å²) in [7, 11) is -9.27. The Morgan fingerprint density at radius 3 is 2.28 bits per heavy atom. The maximum Gasteiger partial charge on any atom is 0.501 e. The molecular formula is C47H55ClF3N5O6S3. The molecule has 0 unspecified atom stereocenters. The molecule has 4 aromatic carbocycles. The van der Waals surface area contributed by atoms with Crippen LogP contribution in [0.3, 0.4) is 0 Å². The third kappa shape index (κ3) is 12.5. The van der Waals surface area contributed by atoms with Crippen molar-refractivity contribution in [1.29, 1.82) is 0 Å². The number of nitrogens with zero attached hydrogens (tertiary/aromatic N) is 3. The van der Waals surface area contributed by atoms with Crippen LogP contribution in [0.25, 0.3) is 5.57 Å². The number of alkyl halides is 3. The van der Waals surface area contributed by atoms with E-state index in [-0.39, 0.29) is 11.6 Å². The van der Waals surface area contributed by atoms with Crippen molar-refractivity contribution in [3.8, 4) is 0 Å². The Hall–Kier alpha value is -4.10. The molecule has 18 heteroatoms. The summed E-state index contributed by atoms with van der Waals surface area (Å²) in [5.41, 5.74) is -1.19. The first-order valence-electron chi connectivity index (χ1n) is 21.9. The molecule has 0 saturated carbocycles. The number of sulfone groups is 1. The zero-order valence-electron chi connectivity index (χ0n) is 36.2. The molecule has 7 rings (SSSR count). The first-order chi connectivity index (χ1) is 31.1. The maximum absolute atomic E-state index is 14.2. The Morgan fingerprint density at radius 1 is 0.877 bits per heavy atom. The predicted octanol–water partition coefficient (Wildman–Crippen LogP) is 8.98. The second kappa shape index (κ2) is 21.7. The van der Waals surface area contributed by atoms with Crippen molar-refractivity contribution in [3.63, 3.8) is 0 Å². The van der Waals surface area contributed by atoms with E-state index >= 15 is 0 Å². The van der Waals surface area contributed by atoms with Crippen molar-refractivity contribution in [3.05, 3.63) is 119 Å². The fourth-order valence-electron chi connectivity index (χ4n) is 8.80. The summed E-state index contributed by atoms with van der Waals surface area (Å²) >= 11 is 7.60. The van der Waals surface area contributed by atoms with E-state index in [1.54, 1.807) is 19.2 Å². The zero-order valence-corrected chi connectivity index (χ0v) is 39.4. The minimum absolute atomic E-state index is 0.000785. The standard InChI is InChI=1S/C47H55ClF3N5O6S3/c1-62-32-40-9-7-24-55(40)25-23-38(33-63-41-10-3-2-4-11-41)52-44-22-21-42(30-45(44)64(58,59)47(49,50)51)65(60,61)53-46(57)35-15-19-39(20-16-35)56-28-26-54(27-29-56)31-36-8-5-6-12-43(36)34-13-17-37(48)18-14-34/h2-4,10-11,13-22,30,38,40,52H,5-9,12,23-29,31-33H2,1H3,(H,53,57)/t38-,40+/m1/s1. The first kappa shape index (κ1) is 48.8. The number of benzene rings is 4. The molecule has 0 bridgehead atoms. The van der Waals surface area contributed by atoms with Gasteiger partial charge in [-0.25, -0.2) is 21.6 Å². The quantitative estimate of drug-likeness (QED) is 0.0928. The highest BCUT2D eigenvalue weighted by Gasteiger charge is 2.48. The molecule has 1 aliphatic carbocycles. The number of thioether (sulfide) groups is 1. The van der Waals surface area contributed by atoms with Crippen molar-refractivity contribution in [2.24, 2.45) is 0 Å². The Labute approximate surface area is 389 Å². The fraction of sp³-hybridized carbons (Fsp3) is 0.426.